The number of halogens is 1. The standard InChI is InChI=1S/C21H22ClN5O4/c1-31-15-9-5-4-8-14(15)24-21-26-18-17(20(30)27-21)11(10-16(28)25-18)19(29)23-13-7-3-2-6-12(13)22/h2-9,11,17-18,21,24,26H,10H2,1H3,(H,23,29)(H,25,28)(H,27,30). The van der Waals surface area contributed by atoms with Gasteiger partial charge < -0.3 is 26.0 Å². The molecule has 2 saturated heterocycles. The smallest absolute Gasteiger partial charge is 0.229 e. The van der Waals surface area contributed by atoms with Gasteiger partial charge in [-0.15, -0.1) is 0 Å². The average Bonchev–Trinajstić information content (AvgIpc) is 2.74. The first-order valence-corrected chi connectivity index (χ1v) is 10.1. The molecule has 2 aliphatic rings. The third-order valence-electron chi connectivity index (χ3n) is 5.33. The second-order valence-electron chi connectivity index (χ2n) is 7.30. The Kier molecular flexibility index (Phi) is 5.97. The first kappa shape index (κ1) is 21.0. The summed E-state index contributed by atoms with van der Waals surface area (Å²) < 4.78 is 5.32. The second-order valence-corrected chi connectivity index (χ2v) is 7.71. The van der Waals surface area contributed by atoms with Gasteiger partial charge in [0.05, 0.1) is 41.5 Å². The van der Waals surface area contributed by atoms with E-state index < -0.39 is 30.2 Å². The Hall–Kier alpha value is -3.30. The minimum Gasteiger partial charge on any atom is -0.495 e. The lowest BCUT2D eigenvalue weighted by molar-refractivity contribution is -0.144. The number of fused-ring (bicyclic) bond motifs is 1. The van der Waals surface area contributed by atoms with Crippen LogP contribution in [0.4, 0.5) is 11.4 Å². The molecule has 31 heavy (non-hydrogen) atoms. The average molecular weight is 444 g/mol. The van der Waals surface area contributed by atoms with E-state index in [1.54, 1.807) is 43.5 Å². The SMILES string of the molecule is COc1ccccc1NC1NC(=O)C2C(NC(=O)CC2C(=O)Nc2ccccc2Cl)N1. The number of anilines is 2. The van der Waals surface area contributed by atoms with Gasteiger partial charge in [-0.05, 0) is 24.3 Å². The number of methoxy groups -OCH3 is 1. The van der Waals surface area contributed by atoms with Crippen molar-refractivity contribution in [2.24, 2.45) is 11.8 Å². The van der Waals surface area contributed by atoms with Gasteiger partial charge in [-0.1, -0.05) is 35.9 Å². The molecule has 5 N–H and O–H groups in total. The number of hydrogen-bond donors (Lipinski definition) is 5. The lowest BCUT2D eigenvalue weighted by atomic mass is 9.81. The van der Waals surface area contributed by atoms with Crippen molar-refractivity contribution in [2.75, 3.05) is 17.7 Å². The number of carbonyl (C=O) groups excluding carboxylic acids is 3. The molecule has 3 amide bonds. The maximum Gasteiger partial charge on any atom is 0.229 e. The highest BCUT2D eigenvalue weighted by Gasteiger charge is 2.48. The molecule has 2 aromatic carbocycles. The van der Waals surface area contributed by atoms with Crippen molar-refractivity contribution < 1.29 is 19.1 Å². The summed E-state index contributed by atoms with van der Waals surface area (Å²) in [6, 6.07) is 14.0. The molecular weight excluding hydrogens is 422 g/mol. The predicted molar refractivity (Wildman–Crippen MR) is 115 cm³/mol. The van der Waals surface area contributed by atoms with E-state index >= 15 is 0 Å². The summed E-state index contributed by atoms with van der Waals surface area (Å²) in [7, 11) is 1.55. The van der Waals surface area contributed by atoms with Crippen LogP contribution in [-0.4, -0.2) is 37.3 Å². The molecule has 0 bridgehead atoms. The van der Waals surface area contributed by atoms with Crippen LogP contribution in [0.15, 0.2) is 48.5 Å². The zero-order valence-corrected chi connectivity index (χ0v) is 17.4. The normalized spacial score (nSPS) is 25.0. The summed E-state index contributed by atoms with van der Waals surface area (Å²) in [4.78, 5) is 38.2. The Bertz CT molecular complexity index is 1020. The van der Waals surface area contributed by atoms with E-state index in [1.165, 1.54) is 0 Å². The van der Waals surface area contributed by atoms with Gasteiger partial charge in [0.1, 0.15) is 5.75 Å². The van der Waals surface area contributed by atoms with Crippen LogP contribution < -0.4 is 31.3 Å². The molecule has 0 radical (unpaired) electrons. The van der Waals surface area contributed by atoms with E-state index in [1.807, 2.05) is 12.1 Å². The van der Waals surface area contributed by atoms with Crippen molar-refractivity contribution in [1.82, 2.24) is 16.0 Å². The number of nitrogens with one attached hydrogen (secondary N) is 5. The highest BCUT2D eigenvalue weighted by Crippen LogP contribution is 2.30. The van der Waals surface area contributed by atoms with Gasteiger partial charge >= 0.3 is 0 Å². The molecule has 0 saturated carbocycles. The van der Waals surface area contributed by atoms with Gasteiger partial charge in [0.25, 0.3) is 0 Å². The topological polar surface area (TPSA) is 121 Å². The highest BCUT2D eigenvalue weighted by molar-refractivity contribution is 6.33. The molecule has 2 heterocycles. The van der Waals surface area contributed by atoms with Crippen molar-refractivity contribution >= 4 is 40.7 Å². The van der Waals surface area contributed by atoms with Crippen molar-refractivity contribution in [3.05, 3.63) is 53.6 Å². The molecule has 9 nitrogen and oxygen atoms in total. The van der Waals surface area contributed by atoms with Crippen molar-refractivity contribution in [1.29, 1.82) is 0 Å². The fourth-order valence-corrected chi connectivity index (χ4v) is 4.04. The van der Waals surface area contributed by atoms with Crippen molar-refractivity contribution in [2.45, 2.75) is 18.9 Å². The molecule has 0 aliphatic carbocycles. The van der Waals surface area contributed by atoms with Crippen LogP contribution in [0.5, 0.6) is 5.75 Å². The second kappa shape index (κ2) is 8.83. The Morgan fingerprint density at radius 1 is 1.06 bits per heavy atom. The Labute approximate surface area is 183 Å². The van der Waals surface area contributed by atoms with Gasteiger partial charge in [-0.25, -0.2) is 0 Å². The molecule has 2 aromatic rings. The van der Waals surface area contributed by atoms with Gasteiger partial charge in [0.15, 0.2) is 6.29 Å². The zero-order valence-electron chi connectivity index (χ0n) is 16.6. The van der Waals surface area contributed by atoms with Crippen LogP contribution in [0.2, 0.25) is 5.02 Å². The van der Waals surface area contributed by atoms with E-state index in [9.17, 15) is 14.4 Å². The molecule has 0 aromatic heterocycles. The van der Waals surface area contributed by atoms with Crippen LogP contribution in [0.25, 0.3) is 0 Å². The minimum absolute atomic E-state index is 0.100. The number of rotatable bonds is 5. The summed E-state index contributed by atoms with van der Waals surface area (Å²) in [5, 5.41) is 15.0. The summed E-state index contributed by atoms with van der Waals surface area (Å²) in [5.41, 5.74) is 1.09. The first-order valence-electron chi connectivity index (χ1n) is 9.77. The molecular formula is C21H22ClN5O4. The number of para-hydroxylation sites is 3. The van der Waals surface area contributed by atoms with Crippen molar-refractivity contribution in [3.63, 3.8) is 0 Å². The molecule has 162 valence electrons. The van der Waals surface area contributed by atoms with Crippen LogP contribution in [0.3, 0.4) is 0 Å². The number of benzene rings is 2. The predicted octanol–water partition coefficient (Wildman–Crippen LogP) is 1.48. The molecule has 4 atom stereocenters. The lowest BCUT2D eigenvalue weighted by Gasteiger charge is -2.43. The Morgan fingerprint density at radius 3 is 2.52 bits per heavy atom. The largest absolute Gasteiger partial charge is 0.495 e. The summed E-state index contributed by atoms with van der Waals surface area (Å²) in [5.74, 6) is -2.14. The van der Waals surface area contributed by atoms with Crippen LogP contribution >= 0.6 is 11.6 Å². The lowest BCUT2D eigenvalue weighted by Crippen LogP contribution is -2.72. The third kappa shape index (κ3) is 4.42. The highest BCUT2D eigenvalue weighted by atomic mass is 35.5. The van der Waals surface area contributed by atoms with Crippen molar-refractivity contribution in [3.8, 4) is 5.75 Å². The van der Waals surface area contributed by atoms with Gasteiger partial charge in [-0.2, -0.15) is 0 Å². The summed E-state index contributed by atoms with van der Waals surface area (Å²) in [6.45, 7) is 0. The van der Waals surface area contributed by atoms with Crippen LogP contribution in [0, 0.1) is 11.8 Å². The van der Waals surface area contributed by atoms with Gasteiger partial charge in [0, 0.05) is 6.42 Å². The molecule has 2 aliphatic heterocycles. The van der Waals surface area contributed by atoms with E-state index in [2.05, 4.69) is 26.6 Å². The monoisotopic (exact) mass is 443 g/mol. The number of hydrogen-bond acceptors (Lipinski definition) is 6. The Balaban J connectivity index is 1.50. The minimum atomic E-state index is -0.852. The summed E-state index contributed by atoms with van der Waals surface area (Å²) >= 11 is 6.12. The molecule has 4 unspecified atom stereocenters. The van der Waals surface area contributed by atoms with E-state index in [4.69, 9.17) is 16.3 Å². The Morgan fingerprint density at radius 2 is 1.77 bits per heavy atom. The van der Waals surface area contributed by atoms with Gasteiger partial charge in [0.2, 0.25) is 17.7 Å². The molecule has 2 fully saturated rings. The zero-order chi connectivity index (χ0) is 22.0. The first-order chi connectivity index (χ1) is 15.0. The number of piperidine rings is 1. The van der Waals surface area contributed by atoms with E-state index in [0.29, 0.717) is 22.1 Å². The van der Waals surface area contributed by atoms with E-state index in [0.717, 1.165) is 0 Å². The molecule has 4 rings (SSSR count). The quantitative estimate of drug-likeness (QED) is 0.477. The van der Waals surface area contributed by atoms with E-state index in [-0.39, 0.29) is 18.2 Å². The van der Waals surface area contributed by atoms with Gasteiger partial charge in [-0.3, -0.25) is 19.7 Å². The maximum atomic E-state index is 12.9. The fourth-order valence-electron chi connectivity index (χ4n) is 3.86. The number of carbonyl (C=O) groups is 3. The fraction of sp³-hybridized carbons (Fsp3) is 0.286. The third-order valence-corrected chi connectivity index (χ3v) is 5.65. The maximum absolute atomic E-state index is 12.9. The summed E-state index contributed by atoms with van der Waals surface area (Å²) in [6.07, 6.45) is -1.49. The number of amides is 3. The molecule has 0 spiro atoms. The van der Waals surface area contributed by atoms with Crippen LogP contribution in [-0.2, 0) is 14.4 Å². The number of ether oxygens (including phenoxy) is 1. The van der Waals surface area contributed by atoms with Crippen LogP contribution in [0.1, 0.15) is 6.42 Å². The molecule has 10 heteroatoms.